The first kappa shape index (κ1) is 15.6. The number of nitrogens with one attached hydrogen (secondary N) is 1. The Hall–Kier alpha value is -1.78. The van der Waals surface area contributed by atoms with Gasteiger partial charge in [0.15, 0.2) is 5.76 Å². The topological polar surface area (TPSA) is 62.5 Å². The van der Waals surface area contributed by atoms with E-state index in [4.69, 9.17) is 16.0 Å². The molecule has 0 fully saturated rings. The Kier molecular flexibility index (Phi) is 5.04. The van der Waals surface area contributed by atoms with Crippen LogP contribution in [0.15, 0.2) is 34.7 Å². The third-order valence-corrected chi connectivity index (χ3v) is 3.53. The number of rotatable bonds is 5. The Morgan fingerprint density at radius 1 is 1.38 bits per heavy atom. The summed E-state index contributed by atoms with van der Waals surface area (Å²) in [5, 5.41) is 13.3. The predicted molar refractivity (Wildman–Crippen MR) is 81.6 cm³/mol. The fourth-order valence-corrected chi connectivity index (χ4v) is 2.19. The zero-order chi connectivity index (χ0) is 15.4. The zero-order valence-electron chi connectivity index (χ0n) is 12.0. The summed E-state index contributed by atoms with van der Waals surface area (Å²) in [4.78, 5) is 12.0. The van der Waals surface area contributed by atoms with Crippen LogP contribution in [0.3, 0.4) is 0 Å². The Morgan fingerprint density at radius 3 is 2.62 bits per heavy atom. The number of hydrogen-bond acceptors (Lipinski definition) is 3. The Balaban J connectivity index is 1.95. The van der Waals surface area contributed by atoms with Gasteiger partial charge in [0.25, 0.3) is 5.91 Å². The lowest BCUT2D eigenvalue weighted by Crippen LogP contribution is -2.28. The van der Waals surface area contributed by atoms with Crippen LogP contribution in [0.4, 0.5) is 0 Å². The van der Waals surface area contributed by atoms with Crippen molar-refractivity contribution in [2.45, 2.75) is 26.4 Å². The normalized spacial score (nSPS) is 12.2. The van der Waals surface area contributed by atoms with Crippen LogP contribution >= 0.6 is 11.6 Å². The fraction of sp³-hybridized carbons (Fsp3) is 0.312. The zero-order valence-corrected chi connectivity index (χ0v) is 12.8. The second-order valence-corrected chi connectivity index (χ2v) is 5.28. The molecule has 0 aliphatic rings. The van der Waals surface area contributed by atoms with Crippen LogP contribution in [0, 0.1) is 6.92 Å². The molecular formula is C16H18ClNO3. The summed E-state index contributed by atoms with van der Waals surface area (Å²) >= 11 is 5.79. The van der Waals surface area contributed by atoms with E-state index in [9.17, 15) is 9.90 Å². The van der Waals surface area contributed by atoms with Gasteiger partial charge >= 0.3 is 0 Å². The molecule has 4 nitrogen and oxygen atoms in total. The number of furan rings is 1. The summed E-state index contributed by atoms with van der Waals surface area (Å²) in [5.41, 5.74) is 1.66. The van der Waals surface area contributed by atoms with Gasteiger partial charge in [0, 0.05) is 18.0 Å². The van der Waals surface area contributed by atoms with Crippen LogP contribution in [0.5, 0.6) is 0 Å². The van der Waals surface area contributed by atoms with E-state index >= 15 is 0 Å². The van der Waals surface area contributed by atoms with E-state index in [1.165, 1.54) is 0 Å². The molecule has 0 bridgehead atoms. The van der Waals surface area contributed by atoms with Crippen molar-refractivity contribution in [1.29, 1.82) is 0 Å². The number of aliphatic hydroxyl groups excluding tert-OH is 1. The third kappa shape index (κ3) is 3.86. The highest BCUT2D eigenvalue weighted by molar-refractivity contribution is 6.30. The number of hydrogen-bond donors (Lipinski definition) is 2. The molecule has 2 N–H and O–H groups in total. The monoisotopic (exact) mass is 307 g/mol. The smallest absolute Gasteiger partial charge is 0.287 e. The van der Waals surface area contributed by atoms with Crippen molar-refractivity contribution in [3.63, 3.8) is 0 Å². The maximum atomic E-state index is 12.0. The Labute approximate surface area is 128 Å². The van der Waals surface area contributed by atoms with Gasteiger partial charge in [0.05, 0.1) is 6.10 Å². The van der Waals surface area contributed by atoms with E-state index in [1.54, 1.807) is 30.3 Å². The standard InChI is InChI=1S/C16H18ClNO3/c1-3-14-10(2)8-15(21-14)16(20)18-9-13(19)11-4-6-12(17)7-5-11/h4-8,13,19H,3,9H2,1-2H3,(H,18,20). The van der Waals surface area contributed by atoms with Crippen molar-refractivity contribution in [2.24, 2.45) is 0 Å². The molecule has 2 aromatic rings. The summed E-state index contributed by atoms with van der Waals surface area (Å²) < 4.78 is 5.47. The van der Waals surface area contributed by atoms with Crippen LogP contribution in [0.25, 0.3) is 0 Å². The molecule has 21 heavy (non-hydrogen) atoms. The van der Waals surface area contributed by atoms with Crippen LogP contribution in [-0.2, 0) is 6.42 Å². The summed E-state index contributed by atoms with van der Waals surface area (Å²) in [7, 11) is 0. The van der Waals surface area contributed by atoms with Crippen molar-refractivity contribution in [1.82, 2.24) is 5.32 Å². The van der Waals surface area contributed by atoms with Crippen LogP contribution < -0.4 is 5.32 Å². The van der Waals surface area contributed by atoms with Crippen molar-refractivity contribution < 1.29 is 14.3 Å². The molecule has 1 heterocycles. The van der Waals surface area contributed by atoms with E-state index in [1.807, 2.05) is 13.8 Å². The maximum absolute atomic E-state index is 12.0. The van der Waals surface area contributed by atoms with Gasteiger partial charge in [0.2, 0.25) is 0 Å². The van der Waals surface area contributed by atoms with Gasteiger partial charge in [0.1, 0.15) is 5.76 Å². The minimum Gasteiger partial charge on any atom is -0.456 e. The molecule has 1 amide bonds. The molecule has 0 spiro atoms. The first-order chi connectivity index (χ1) is 10.0. The summed E-state index contributed by atoms with van der Waals surface area (Å²) in [6.45, 7) is 3.99. The predicted octanol–water partition coefficient (Wildman–Crippen LogP) is 3.27. The van der Waals surface area contributed by atoms with Gasteiger partial charge < -0.3 is 14.8 Å². The Morgan fingerprint density at radius 2 is 2.05 bits per heavy atom. The molecule has 0 saturated carbocycles. The average molecular weight is 308 g/mol. The highest BCUT2D eigenvalue weighted by atomic mass is 35.5. The second kappa shape index (κ2) is 6.78. The van der Waals surface area contributed by atoms with E-state index < -0.39 is 6.10 Å². The molecule has 0 aliphatic carbocycles. The largest absolute Gasteiger partial charge is 0.456 e. The quantitative estimate of drug-likeness (QED) is 0.891. The lowest BCUT2D eigenvalue weighted by atomic mass is 10.1. The van der Waals surface area contributed by atoms with Crippen molar-refractivity contribution in [3.8, 4) is 0 Å². The van der Waals surface area contributed by atoms with Crippen molar-refractivity contribution >= 4 is 17.5 Å². The van der Waals surface area contributed by atoms with Crippen molar-refractivity contribution in [3.05, 3.63) is 58.0 Å². The molecule has 1 aromatic heterocycles. The first-order valence-electron chi connectivity index (χ1n) is 6.82. The number of halogens is 1. The van der Waals surface area contributed by atoms with Gasteiger partial charge in [-0.25, -0.2) is 0 Å². The van der Waals surface area contributed by atoms with E-state index in [-0.39, 0.29) is 18.2 Å². The molecule has 112 valence electrons. The summed E-state index contributed by atoms with van der Waals surface area (Å²) in [5.74, 6) is 0.747. The fourth-order valence-electron chi connectivity index (χ4n) is 2.06. The number of amides is 1. The van der Waals surface area contributed by atoms with Gasteiger partial charge in [-0.05, 0) is 36.2 Å². The minimum absolute atomic E-state index is 0.113. The second-order valence-electron chi connectivity index (χ2n) is 4.85. The minimum atomic E-state index is -0.784. The molecule has 1 atom stereocenters. The van der Waals surface area contributed by atoms with Gasteiger partial charge in [-0.15, -0.1) is 0 Å². The first-order valence-corrected chi connectivity index (χ1v) is 7.20. The SMILES string of the molecule is CCc1oc(C(=O)NCC(O)c2ccc(Cl)cc2)cc1C. The molecule has 1 unspecified atom stereocenters. The lowest BCUT2D eigenvalue weighted by molar-refractivity contribution is 0.0887. The van der Waals surface area contributed by atoms with E-state index in [0.717, 1.165) is 17.7 Å². The average Bonchev–Trinajstić information content (AvgIpc) is 2.86. The number of carbonyl (C=O) groups is 1. The number of benzene rings is 1. The van der Waals surface area contributed by atoms with Gasteiger partial charge in [-0.1, -0.05) is 30.7 Å². The molecule has 2 rings (SSSR count). The highest BCUT2D eigenvalue weighted by Gasteiger charge is 2.15. The maximum Gasteiger partial charge on any atom is 0.287 e. The Bertz CT molecular complexity index is 619. The number of carbonyl (C=O) groups excluding carboxylic acids is 1. The number of aryl methyl sites for hydroxylation is 2. The van der Waals surface area contributed by atoms with Crippen LogP contribution in [0.1, 0.15) is 40.5 Å². The van der Waals surface area contributed by atoms with Crippen LogP contribution in [-0.4, -0.2) is 17.6 Å². The molecule has 0 radical (unpaired) electrons. The van der Waals surface area contributed by atoms with Gasteiger partial charge in [-0.3, -0.25) is 4.79 Å². The molecular weight excluding hydrogens is 290 g/mol. The molecule has 1 aromatic carbocycles. The van der Waals surface area contributed by atoms with Crippen LogP contribution in [0.2, 0.25) is 5.02 Å². The van der Waals surface area contributed by atoms with E-state index in [0.29, 0.717) is 10.6 Å². The molecule has 0 saturated heterocycles. The summed E-state index contributed by atoms with van der Waals surface area (Å²) in [6, 6.07) is 8.57. The summed E-state index contributed by atoms with van der Waals surface area (Å²) in [6.07, 6.45) is -0.0418. The van der Waals surface area contributed by atoms with Crippen molar-refractivity contribution in [2.75, 3.05) is 6.54 Å². The van der Waals surface area contributed by atoms with E-state index in [2.05, 4.69) is 5.32 Å². The lowest BCUT2D eigenvalue weighted by Gasteiger charge is -2.11. The highest BCUT2D eigenvalue weighted by Crippen LogP contribution is 2.17. The molecule has 0 aliphatic heterocycles. The third-order valence-electron chi connectivity index (χ3n) is 3.28. The number of aliphatic hydroxyl groups is 1. The molecule has 5 heteroatoms. The van der Waals surface area contributed by atoms with Gasteiger partial charge in [-0.2, -0.15) is 0 Å².